The molecule has 1 unspecified atom stereocenters. The molecule has 0 saturated carbocycles. The minimum absolute atomic E-state index is 0.512. The number of thiophene rings is 1. The van der Waals surface area contributed by atoms with Crippen LogP contribution in [0.1, 0.15) is 31.1 Å². The molecule has 1 atom stereocenters. The highest BCUT2D eigenvalue weighted by Crippen LogP contribution is 2.32. The smallest absolute Gasteiger partial charge is 0.0325 e. The van der Waals surface area contributed by atoms with Crippen molar-refractivity contribution in [2.24, 2.45) is 5.41 Å². The quantitative estimate of drug-likeness (QED) is 0.855. The molecule has 18 heavy (non-hydrogen) atoms. The Hall–Kier alpha value is 0.1000. The van der Waals surface area contributed by atoms with E-state index in [-0.39, 0.29) is 0 Å². The largest absolute Gasteiger partial charge is 0.316 e. The van der Waals surface area contributed by atoms with Gasteiger partial charge in [-0.25, -0.2) is 0 Å². The lowest BCUT2D eigenvalue weighted by Gasteiger charge is -2.32. The van der Waals surface area contributed by atoms with Gasteiger partial charge in [-0.15, -0.1) is 11.3 Å². The molecule has 0 radical (unpaired) electrons. The third kappa shape index (κ3) is 3.80. The second-order valence-electron chi connectivity index (χ2n) is 5.58. The maximum absolute atomic E-state index is 3.54. The molecule has 2 nitrogen and oxygen atoms in total. The zero-order chi connectivity index (χ0) is 13.0. The van der Waals surface area contributed by atoms with Crippen molar-refractivity contribution in [2.75, 3.05) is 26.7 Å². The van der Waals surface area contributed by atoms with Gasteiger partial charge in [0.05, 0.1) is 0 Å². The monoisotopic (exact) mass is 330 g/mol. The standard InChI is InChI=1S/C14H23BrN2S/c1-3-4-14(5-6-16-10-14)11-17(2)8-13-7-12(15)9-18-13/h7,9,16H,3-6,8,10-11H2,1-2H3. The number of hydrogen-bond donors (Lipinski definition) is 1. The Morgan fingerprint density at radius 3 is 2.94 bits per heavy atom. The van der Waals surface area contributed by atoms with Gasteiger partial charge in [0.2, 0.25) is 0 Å². The van der Waals surface area contributed by atoms with E-state index in [1.54, 1.807) is 0 Å². The van der Waals surface area contributed by atoms with Gasteiger partial charge in [0.15, 0.2) is 0 Å². The van der Waals surface area contributed by atoms with Gasteiger partial charge in [-0.05, 0) is 53.8 Å². The van der Waals surface area contributed by atoms with Crippen LogP contribution in [0.25, 0.3) is 0 Å². The first-order chi connectivity index (χ1) is 8.63. The lowest BCUT2D eigenvalue weighted by Crippen LogP contribution is -2.37. The van der Waals surface area contributed by atoms with E-state index in [9.17, 15) is 0 Å². The van der Waals surface area contributed by atoms with Gasteiger partial charge in [0.1, 0.15) is 0 Å². The van der Waals surface area contributed by atoms with Crippen LogP contribution in [0.3, 0.4) is 0 Å². The Morgan fingerprint density at radius 2 is 2.39 bits per heavy atom. The first kappa shape index (κ1) is 14.5. The molecule has 2 heterocycles. The molecular weight excluding hydrogens is 308 g/mol. The normalized spacial score (nSPS) is 24.0. The third-order valence-corrected chi connectivity index (χ3v) is 5.45. The van der Waals surface area contributed by atoms with Crippen LogP contribution in [0.2, 0.25) is 0 Å². The lowest BCUT2D eigenvalue weighted by atomic mass is 9.82. The van der Waals surface area contributed by atoms with Gasteiger partial charge in [-0.2, -0.15) is 0 Å². The topological polar surface area (TPSA) is 15.3 Å². The average Bonchev–Trinajstić information content (AvgIpc) is 2.89. The summed E-state index contributed by atoms with van der Waals surface area (Å²) in [6, 6.07) is 2.24. The van der Waals surface area contributed by atoms with E-state index in [1.165, 1.54) is 48.2 Å². The molecule has 0 spiro atoms. The molecule has 4 heteroatoms. The zero-order valence-electron chi connectivity index (χ0n) is 11.3. The Morgan fingerprint density at radius 1 is 1.56 bits per heavy atom. The van der Waals surface area contributed by atoms with Crippen LogP contribution < -0.4 is 5.32 Å². The minimum atomic E-state index is 0.512. The van der Waals surface area contributed by atoms with Crippen LogP contribution in [0, 0.1) is 5.41 Å². The molecule has 1 aromatic rings. The molecule has 1 aromatic heterocycles. The predicted molar refractivity (Wildman–Crippen MR) is 83.2 cm³/mol. The van der Waals surface area contributed by atoms with Gasteiger partial charge in [0.25, 0.3) is 0 Å². The van der Waals surface area contributed by atoms with Crippen molar-refractivity contribution in [1.82, 2.24) is 10.2 Å². The number of nitrogens with zero attached hydrogens (tertiary/aromatic N) is 1. The molecule has 0 aliphatic carbocycles. The van der Waals surface area contributed by atoms with Gasteiger partial charge in [-0.1, -0.05) is 13.3 Å². The molecule has 0 aromatic carbocycles. The number of rotatable bonds is 6. The van der Waals surface area contributed by atoms with Gasteiger partial charge in [-0.3, -0.25) is 0 Å². The fraction of sp³-hybridized carbons (Fsp3) is 0.714. The molecule has 1 N–H and O–H groups in total. The van der Waals surface area contributed by atoms with Crippen molar-refractivity contribution in [3.8, 4) is 0 Å². The van der Waals surface area contributed by atoms with Gasteiger partial charge >= 0.3 is 0 Å². The van der Waals surface area contributed by atoms with Crippen molar-refractivity contribution in [1.29, 1.82) is 0 Å². The van der Waals surface area contributed by atoms with Crippen LogP contribution in [-0.2, 0) is 6.54 Å². The molecular formula is C14H23BrN2S. The van der Waals surface area contributed by atoms with Gasteiger partial charge < -0.3 is 10.2 Å². The molecule has 1 saturated heterocycles. The van der Waals surface area contributed by atoms with E-state index in [4.69, 9.17) is 0 Å². The highest BCUT2D eigenvalue weighted by atomic mass is 79.9. The van der Waals surface area contributed by atoms with Crippen molar-refractivity contribution < 1.29 is 0 Å². The molecule has 0 amide bonds. The number of nitrogens with one attached hydrogen (secondary N) is 1. The summed E-state index contributed by atoms with van der Waals surface area (Å²) in [5, 5.41) is 5.71. The minimum Gasteiger partial charge on any atom is -0.316 e. The van der Waals surface area contributed by atoms with E-state index < -0.39 is 0 Å². The van der Waals surface area contributed by atoms with Crippen LogP contribution in [0.5, 0.6) is 0 Å². The third-order valence-electron chi connectivity index (χ3n) is 3.77. The maximum Gasteiger partial charge on any atom is 0.0325 e. The Kier molecular flexibility index (Phi) is 5.24. The Bertz CT molecular complexity index is 372. The molecule has 1 aliphatic rings. The van der Waals surface area contributed by atoms with E-state index in [1.807, 2.05) is 11.3 Å². The number of halogens is 1. The fourth-order valence-corrected chi connectivity index (χ4v) is 4.61. The fourth-order valence-electron chi connectivity index (χ4n) is 3.08. The molecule has 1 fully saturated rings. The molecule has 102 valence electrons. The lowest BCUT2D eigenvalue weighted by molar-refractivity contribution is 0.173. The summed E-state index contributed by atoms with van der Waals surface area (Å²) in [6.45, 7) is 6.97. The van der Waals surface area contributed by atoms with Crippen LogP contribution in [-0.4, -0.2) is 31.6 Å². The van der Waals surface area contributed by atoms with E-state index in [2.05, 4.69) is 51.6 Å². The Balaban J connectivity index is 1.90. The van der Waals surface area contributed by atoms with Crippen LogP contribution in [0.4, 0.5) is 0 Å². The summed E-state index contributed by atoms with van der Waals surface area (Å²) < 4.78 is 1.21. The first-order valence-corrected chi connectivity index (χ1v) is 8.43. The number of hydrogen-bond acceptors (Lipinski definition) is 3. The van der Waals surface area contributed by atoms with Crippen molar-refractivity contribution in [2.45, 2.75) is 32.7 Å². The average molecular weight is 331 g/mol. The summed E-state index contributed by atoms with van der Waals surface area (Å²) in [5.74, 6) is 0. The highest BCUT2D eigenvalue weighted by molar-refractivity contribution is 9.10. The van der Waals surface area contributed by atoms with E-state index in [0.29, 0.717) is 5.41 Å². The van der Waals surface area contributed by atoms with Crippen molar-refractivity contribution in [3.05, 3.63) is 20.8 Å². The van der Waals surface area contributed by atoms with Crippen LogP contribution in [0.15, 0.2) is 15.9 Å². The summed E-state index contributed by atoms with van der Waals surface area (Å²) in [5.41, 5.74) is 0.512. The second kappa shape index (κ2) is 6.51. The van der Waals surface area contributed by atoms with Gasteiger partial charge in [0, 0.05) is 34.4 Å². The van der Waals surface area contributed by atoms with Crippen molar-refractivity contribution in [3.63, 3.8) is 0 Å². The molecule has 0 bridgehead atoms. The SMILES string of the molecule is CCCC1(CN(C)Cc2cc(Br)cs2)CCNC1. The summed E-state index contributed by atoms with van der Waals surface area (Å²) >= 11 is 5.37. The molecule has 1 aliphatic heterocycles. The van der Waals surface area contributed by atoms with E-state index >= 15 is 0 Å². The summed E-state index contributed by atoms with van der Waals surface area (Å²) in [6.07, 6.45) is 3.97. The highest BCUT2D eigenvalue weighted by Gasteiger charge is 2.33. The summed E-state index contributed by atoms with van der Waals surface area (Å²) in [4.78, 5) is 3.93. The first-order valence-electron chi connectivity index (χ1n) is 6.76. The molecule has 2 rings (SSSR count). The zero-order valence-corrected chi connectivity index (χ0v) is 13.7. The van der Waals surface area contributed by atoms with Crippen LogP contribution >= 0.6 is 27.3 Å². The Labute approximate surface area is 123 Å². The summed E-state index contributed by atoms with van der Waals surface area (Å²) in [7, 11) is 2.25. The predicted octanol–water partition coefficient (Wildman–Crippen LogP) is 3.72. The second-order valence-corrected chi connectivity index (χ2v) is 7.49. The van der Waals surface area contributed by atoms with Crippen molar-refractivity contribution >= 4 is 27.3 Å². The van der Waals surface area contributed by atoms with E-state index in [0.717, 1.165) is 6.54 Å². The maximum atomic E-state index is 3.54.